The maximum atomic E-state index is 3.70. The van der Waals surface area contributed by atoms with E-state index in [9.17, 15) is 0 Å². The van der Waals surface area contributed by atoms with Crippen LogP contribution in [0.15, 0.2) is 28.7 Å². The minimum atomic E-state index is 0.666. The summed E-state index contributed by atoms with van der Waals surface area (Å²) < 4.78 is 1.23. The molecular formula is C12H16Br2. The van der Waals surface area contributed by atoms with Crippen LogP contribution in [0.3, 0.4) is 0 Å². The van der Waals surface area contributed by atoms with Crippen LogP contribution in [0.2, 0.25) is 0 Å². The molecule has 0 heterocycles. The number of halogens is 2. The molecule has 0 amide bonds. The highest BCUT2D eigenvalue weighted by Crippen LogP contribution is 2.21. The van der Waals surface area contributed by atoms with Gasteiger partial charge in [-0.3, -0.25) is 0 Å². The molecule has 0 aromatic heterocycles. The summed E-state index contributed by atoms with van der Waals surface area (Å²) in [6.45, 7) is 2.23. The standard InChI is InChI=1S/C12H16Br2/c1-2-5-11(13)9-8-10-6-3-4-7-12(10)14/h3-4,6-7,11H,2,5,8-9H2,1H3. The summed E-state index contributed by atoms with van der Waals surface area (Å²) in [6, 6.07) is 8.46. The van der Waals surface area contributed by atoms with Crippen molar-refractivity contribution in [3.05, 3.63) is 34.3 Å². The Morgan fingerprint density at radius 3 is 2.57 bits per heavy atom. The maximum Gasteiger partial charge on any atom is 0.0207 e. The van der Waals surface area contributed by atoms with Gasteiger partial charge >= 0.3 is 0 Å². The Labute approximate surface area is 103 Å². The van der Waals surface area contributed by atoms with E-state index in [-0.39, 0.29) is 0 Å². The Hall–Kier alpha value is 0.180. The molecule has 0 fully saturated rings. The molecule has 0 N–H and O–H groups in total. The summed E-state index contributed by atoms with van der Waals surface area (Å²) in [5, 5.41) is 0. The van der Waals surface area contributed by atoms with Crippen LogP contribution in [-0.2, 0) is 6.42 Å². The van der Waals surface area contributed by atoms with Crippen molar-refractivity contribution in [1.82, 2.24) is 0 Å². The van der Waals surface area contributed by atoms with Gasteiger partial charge < -0.3 is 0 Å². The van der Waals surface area contributed by atoms with Gasteiger partial charge in [0.05, 0.1) is 0 Å². The van der Waals surface area contributed by atoms with E-state index in [1.807, 2.05) is 0 Å². The van der Waals surface area contributed by atoms with Crippen LogP contribution >= 0.6 is 31.9 Å². The van der Waals surface area contributed by atoms with E-state index < -0.39 is 0 Å². The number of alkyl halides is 1. The Bertz CT molecular complexity index is 271. The third-order valence-corrected chi connectivity index (χ3v) is 3.98. The Balaban J connectivity index is 2.41. The fourth-order valence-corrected chi connectivity index (χ4v) is 2.64. The molecule has 1 aromatic carbocycles. The lowest BCUT2D eigenvalue weighted by molar-refractivity contribution is 0.692. The molecule has 0 aliphatic rings. The molecule has 2 heteroatoms. The van der Waals surface area contributed by atoms with E-state index in [1.54, 1.807) is 0 Å². The van der Waals surface area contributed by atoms with Crippen molar-refractivity contribution < 1.29 is 0 Å². The van der Waals surface area contributed by atoms with E-state index in [0.29, 0.717) is 4.83 Å². The highest BCUT2D eigenvalue weighted by atomic mass is 79.9. The van der Waals surface area contributed by atoms with Crippen molar-refractivity contribution in [1.29, 1.82) is 0 Å². The van der Waals surface area contributed by atoms with Gasteiger partial charge in [-0.15, -0.1) is 0 Å². The van der Waals surface area contributed by atoms with Gasteiger partial charge in [-0.1, -0.05) is 63.4 Å². The zero-order valence-electron chi connectivity index (χ0n) is 8.47. The lowest BCUT2D eigenvalue weighted by atomic mass is 10.1. The minimum Gasteiger partial charge on any atom is -0.0891 e. The summed E-state index contributed by atoms with van der Waals surface area (Å²) in [7, 11) is 0. The SMILES string of the molecule is CCCC(Br)CCc1ccccc1Br. The lowest BCUT2D eigenvalue weighted by Crippen LogP contribution is -1.99. The molecule has 1 unspecified atom stereocenters. The van der Waals surface area contributed by atoms with E-state index in [4.69, 9.17) is 0 Å². The largest absolute Gasteiger partial charge is 0.0891 e. The predicted octanol–water partition coefficient (Wildman–Crippen LogP) is 4.95. The zero-order valence-corrected chi connectivity index (χ0v) is 11.6. The summed E-state index contributed by atoms with van der Waals surface area (Å²) in [5.41, 5.74) is 1.41. The summed E-state index contributed by atoms with van der Waals surface area (Å²) >= 11 is 7.27. The van der Waals surface area contributed by atoms with Crippen LogP contribution in [0, 0.1) is 0 Å². The van der Waals surface area contributed by atoms with Crippen LogP contribution in [0.4, 0.5) is 0 Å². The summed E-state index contributed by atoms with van der Waals surface area (Å²) in [4.78, 5) is 0.666. The second-order valence-electron chi connectivity index (χ2n) is 3.52. The van der Waals surface area contributed by atoms with Crippen LogP contribution in [0.5, 0.6) is 0 Å². The zero-order chi connectivity index (χ0) is 10.4. The summed E-state index contributed by atoms with van der Waals surface area (Å²) in [5.74, 6) is 0. The second-order valence-corrected chi connectivity index (χ2v) is 5.67. The summed E-state index contributed by atoms with van der Waals surface area (Å²) in [6.07, 6.45) is 4.89. The minimum absolute atomic E-state index is 0.666. The number of rotatable bonds is 5. The molecular weight excluding hydrogens is 304 g/mol. The van der Waals surface area contributed by atoms with Gasteiger partial charge in [-0.05, 0) is 30.9 Å². The highest BCUT2D eigenvalue weighted by molar-refractivity contribution is 9.10. The quantitative estimate of drug-likeness (QED) is 0.674. The number of hydrogen-bond donors (Lipinski definition) is 0. The molecule has 0 radical (unpaired) electrons. The molecule has 0 bridgehead atoms. The van der Waals surface area contributed by atoms with Crippen molar-refractivity contribution in [2.24, 2.45) is 0 Å². The van der Waals surface area contributed by atoms with E-state index in [1.165, 1.54) is 29.3 Å². The van der Waals surface area contributed by atoms with Gasteiger partial charge in [0.1, 0.15) is 0 Å². The number of benzene rings is 1. The van der Waals surface area contributed by atoms with Crippen molar-refractivity contribution in [3.8, 4) is 0 Å². The Kier molecular flexibility index (Phi) is 5.80. The lowest BCUT2D eigenvalue weighted by Gasteiger charge is -2.08. The first-order valence-electron chi connectivity index (χ1n) is 5.11. The van der Waals surface area contributed by atoms with Crippen LogP contribution in [0.1, 0.15) is 31.7 Å². The average Bonchev–Trinajstić information content (AvgIpc) is 2.17. The molecule has 14 heavy (non-hydrogen) atoms. The topological polar surface area (TPSA) is 0 Å². The van der Waals surface area contributed by atoms with Gasteiger partial charge in [0.2, 0.25) is 0 Å². The van der Waals surface area contributed by atoms with Crippen molar-refractivity contribution in [3.63, 3.8) is 0 Å². The van der Waals surface area contributed by atoms with Crippen LogP contribution in [0.25, 0.3) is 0 Å². The first-order valence-corrected chi connectivity index (χ1v) is 6.82. The molecule has 0 saturated carbocycles. The van der Waals surface area contributed by atoms with Crippen molar-refractivity contribution in [2.45, 2.75) is 37.4 Å². The van der Waals surface area contributed by atoms with Gasteiger partial charge in [0.25, 0.3) is 0 Å². The average molecular weight is 320 g/mol. The molecule has 0 nitrogen and oxygen atoms in total. The first-order chi connectivity index (χ1) is 6.74. The Morgan fingerprint density at radius 1 is 1.21 bits per heavy atom. The highest BCUT2D eigenvalue weighted by Gasteiger charge is 2.04. The predicted molar refractivity (Wildman–Crippen MR) is 70.1 cm³/mol. The smallest absolute Gasteiger partial charge is 0.0207 e. The van der Waals surface area contributed by atoms with Crippen LogP contribution < -0.4 is 0 Å². The second kappa shape index (κ2) is 6.62. The molecule has 1 atom stereocenters. The van der Waals surface area contributed by atoms with Crippen molar-refractivity contribution in [2.75, 3.05) is 0 Å². The van der Waals surface area contributed by atoms with Crippen molar-refractivity contribution >= 4 is 31.9 Å². The molecule has 1 rings (SSSR count). The van der Waals surface area contributed by atoms with E-state index >= 15 is 0 Å². The normalized spacial score (nSPS) is 12.8. The van der Waals surface area contributed by atoms with E-state index in [2.05, 4.69) is 63.0 Å². The maximum absolute atomic E-state index is 3.70. The van der Waals surface area contributed by atoms with Gasteiger partial charge in [-0.25, -0.2) is 0 Å². The Morgan fingerprint density at radius 2 is 1.93 bits per heavy atom. The third-order valence-electron chi connectivity index (χ3n) is 2.29. The monoisotopic (exact) mass is 318 g/mol. The van der Waals surface area contributed by atoms with Gasteiger partial charge in [0, 0.05) is 9.30 Å². The number of aryl methyl sites for hydroxylation is 1. The third kappa shape index (κ3) is 4.14. The number of hydrogen-bond acceptors (Lipinski definition) is 0. The molecule has 78 valence electrons. The fourth-order valence-electron chi connectivity index (χ4n) is 1.47. The van der Waals surface area contributed by atoms with E-state index in [0.717, 1.165) is 6.42 Å². The van der Waals surface area contributed by atoms with Crippen LogP contribution in [-0.4, -0.2) is 4.83 Å². The fraction of sp³-hybridized carbons (Fsp3) is 0.500. The molecule has 0 aliphatic carbocycles. The molecule has 0 aliphatic heterocycles. The molecule has 0 spiro atoms. The molecule has 1 aromatic rings. The molecule has 0 saturated heterocycles. The van der Waals surface area contributed by atoms with Gasteiger partial charge in [-0.2, -0.15) is 0 Å². The van der Waals surface area contributed by atoms with Gasteiger partial charge in [0.15, 0.2) is 0 Å². The first kappa shape index (κ1) is 12.3.